The molecule has 0 bridgehead atoms. The van der Waals surface area contributed by atoms with Gasteiger partial charge in [-0.25, -0.2) is 0 Å². The van der Waals surface area contributed by atoms with Crippen molar-refractivity contribution in [3.05, 3.63) is 77.4 Å². The van der Waals surface area contributed by atoms with E-state index in [4.69, 9.17) is 4.74 Å². The van der Waals surface area contributed by atoms with Crippen molar-refractivity contribution < 1.29 is 4.74 Å². The smallest absolute Gasteiger partial charge is 0.0654 e. The van der Waals surface area contributed by atoms with Crippen molar-refractivity contribution in [2.75, 3.05) is 6.61 Å². The van der Waals surface area contributed by atoms with Crippen LogP contribution in [0.5, 0.6) is 0 Å². The van der Waals surface area contributed by atoms with E-state index >= 15 is 0 Å². The van der Waals surface area contributed by atoms with Gasteiger partial charge in [-0.2, -0.15) is 0 Å². The SMILES string of the molecule is Cc1ccc(/C=C/COC(C)CCc2ccccc2)cc1. The fourth-order valence-corrected chi connectivity index (χ4v) is 2.18. The first kappa shape index (κ1) is 15.5. The molecule has 110 valence electrons. The third-order valence-corrected chi connectivity index (χ3v) is 3.55. The molecule has 0 saturated heterocycles. The Morgan fingerprint density at radius 1 is 1.00 bits per heavy atom. The predicted molar refractivity (Wildman–Crippen MR) is 90.4 cm³/mol. The van der Waals surface area contributed by atoms with Gasteiger partial charge in [0, 0.05) is 0 Å². The molecule has 21 heavy (non-hydrogen) atoms. The van der Waals surface area contributed by atoms with E-state index in [2.05, 4.69) is 80.6 Å². The second-order valence-electron chi connectivity index (χ2n) is 5.48. The standard InChI is InChI=1S/C20H24O/c1-17-10-13-20(14-11-17)9-6-16-21-18(2)12-15-19-7-4-3-5-8-19/h3-11,13-14,18H,12,15-16H2,1-2H3/b9-6+. The molecule has 0 aromatic heterocycles. The van der Waals surface area contributed by atoms with Crippen molar-refractivity contribution in [3.63, 3.8) is 0 Å². The lowest BCUT2D eigenvalue weighted by molar-refractivity contribution is 0.0825. The van der Waals surface area contributed by atoms with Gasteiger partial charge in [0.15, 0.2) is 0 Å². The van der Waals surface area contributed by atoms with Gasteiger partial charge in [-0.3, -0.25) is 0 Å². The van der Waals surface area contributed by atoms with Crippen molar-refractivity contribution >= 4 is 6.08 Å². The largest absolute Gasteiger partial charge is 0.374 e. The first-order chi connectivity index (χ1) is 10.2. The molecule has 0 saturated carbocycles. The monoisotopic (exact) mass is 280 g/mol. The van der Waals surface area contributed by atoms with E-state index in [0.717, 1.165) is 12.8 Å². The molecule has 2 aromatic carbocycles. The molecule has 0 aliphatic rings. The molecule has 0 radical (unpaired) electrons. The average Bonchev–Trinajstić information content (AvgIpc) is 2.52. The molecule has 1 unspecified atom stereocenters. The minimum atomic E-state index is 0.285. The summed E-state index contributed by atoms with van der Waals surface area (Å²) in [7, 11) is 0. The molecule has 1 heteroatoms. The maximum Gasteiger partial charge on any atom is 0.0654 e. The molecule has 0 N–H and O–H groups in total. The van der Waals surface area contributed by atoms with Crippen molar-refractivity contribution in [2.24, 2.45) is 0 Å². The van der Waals surface area contributed by atoms with Gasteiger partial charge in [0.2, 0.25) is 0 Å². The fraction of sp³-hybridized carbons (Fsp3) is 0.300. The van der Waals surface area contributed by atoms with Gasteiger partial charge in [-0.05, 0) is 37.8 Å². The summed E-state index contributed by atoms with van der Waals surface area (Å²) in [6.45, 7) is 4.91. The molecule has 1 atom stereocenters. The fourth-order valence-electron chi connectivity index (χ4n) is 2.18. The zero-order chi connectivity index (χ0) is 14.9. The number of ether oxygens (including phenoxy) is 1. The molecule has 2 aromatic rings. The summed E-state index contributed by atoms with van der Waals surface area (Å²) in [6, 6.07) is 19.1. The highest BCUT2D eigenvalue weighted by Gasteiger charge is 2.01. The van der Waals surface area contributed by atoms with Crippen LogP contribution < -0.4 is 0 Å². The Morgan fingerprint density at radius 2 is 1.71 bits per heavy atom. The first-order valence-corrected chi connectivity index (χ1v) is 7.63. The average molecular weight is 280 g/mol. The zero-order valence-corrected chi connectivity index (χ0v) is 13.0. The van der Waals surface area contributed by atoms with Crippen molar-refractivity contribution in [1.82, 2.24) is 0 Å². The lowest BCUT2D eigenvalue weighted by atomic mass is 10.1. The summed E-state index contributed by atoms with van der Waals surface area (Å²) >= 11 is 0. The van der Waals surface area contributed by atoms with Crippen molar-refractivity contribution in [3.8, 4) is 0 Å². The van der Waals surface area contributed by atoms with Crippen LogP contribution >= 0.6 is 0 Å². The summed E-state index contributed by atoms with van der Waals surface area (Å²) in [4.78, 5) is 0. The van der Waals surface area contributed by atoms with Gasteiger partial charge in [0.25, 0.3) is 0 Å². The first-order valence-electron chi connectivity index (χ1n) is 7.63. The Hall–Kier alpha value is -1.86. The molecular weight excluding hydrogens is 256 g/mol. The molecule has 0 aliphatic heterocycles. The maximum absolute atomic E-state index is 5.82. The van der Waals surface area contributed by atoms with E-state index in [1.165, 1.54) is 16.7 Å². The molecule has 0 aliphatic carbocycles. The number of rotatable bonds is 7. The zero-order valence-electron chi connectivity index (χ0n) is 13.0. The van der Waals surface area contributed by atoms with Crippen LogP contribution in [0.3, 0.4) is 0 Å². The van der Waals surface area contributed by atoms with Crippen molar-refractivity contribution in [2.45, 2.75) is 32.8 Å². The number of aryl methyl sites for hydroxylation is 2. The lowest BCUT2D eigenvalue weighted by Crippen LogP contribution is -2.09. The Bertz CT molecular complexity index is 540. The molecule has 0 heterocycles. The summed E-state index contributed by atoms with van der Waals surface area (Å²) in [6.07, 6.45) is 6.62. The molecule has 1 nitrogen and oxygen atoms in total. The highest BCUT2D eigenvalue weighted by atomic mass is 16.5. The van der Waals surface area contributed by atoms with Crippen LogP contribution in [-0.4, -0.2) is 12.7 Å². The van der Waals surface area contributed by atoms with Gasteiger partial charge >= 0.3 is 0 Å². The Balaban J connectivity index is 1.67. The molecule has 0 amide bonds. The predicted octanol–water partition coefficient (Wildman–Crippen LogP) is 5.05. The maximum atomic E-state index is 5.82. The Labute approximate surface area is 128 Å². The van der Waals surface area contributed by atoms with E-state index < -0.39 is 0 Å². The van der Waals surface area contributed by atoms with E-state index in [0.29, 0.717) is 6.61 Å². The topological polar surface area (TPSA) is 9.23 Å². The van der Waals surface area contributed by atoms with Gasteiger partial charge in [0.1, 0.15) is 0 Å². The van der Waals surface area contributed by atoms with Crippen LogP contribution in [0.1, 0.15) is 30.0 Å². The quantitative estimate of drug-likeness (QED) is 0.690. The van der Waals surface area contributed by atoms with Gasteiger partial charge < -0.3 is 4.74 Å². The minimum Gasteiger partial charge on any atom is -0.374 e. The van der Waals surface area contributed by atoms with E-state index in [9.17, 15) is 0 Å². The van der Waals surface area contributed by atoms with Gasteiger partial charge in [0.05, 0.1) is 12.7 Å². The lowest BCUT2D eigenvalue weighted by Gasteiger charge is -2.11. The number of hydrogen-bond acceptors (Lipinski definition) is 1. The summed E-state index contributed by atoms with van der Waals surface area (Å²) in [5.41, 5.74) is 3.89. The van der Waals surface area contributed by atoms with Crippen LogP contribution in [0.25, 0.3) is 6.08 Å². The van der Waals surface area contributed by atoms with Crippen LogP contribution in [0.15, 0.2) is 60.7 Å². The molecule has 0 fully saturated rings. The highest BCUT2D eigenvalue weighted by Crippen LogP contribution is 2.08. The summed E-state index contributed by atoms with van der Waals surface area (Å²) in [5.74, 6) is 0. The third kappa shape index (κ3) is 5.97. The Kier molecular flexibility index (Phi) is 6.23. The second kappa shape index (κ2) is 8.43. The van der Waals surface area contributed by atoms with Crippen LogP contribution in [0.4, 0.5) is 0 Å². The van der Waals surface area contributed by atoms with E-state index in [1.54, 1.807) is 0 Å². The van der Waals surface area contributed by atoms with Crippen LogP contribution in [0.2, 0.25) is 0 Å². The van der Waals surface area contributed by atoms with Gasteiger partial charge in [-0.1, -0.05) is 72.3 Å². The highest BCUT2D eigenvalue weighted by molar-refractivity contribution is 5.49. The van der Waals surface area contributed by atoms with Crippen LogP contribution in [0, 0.1) is 6.92 Å². The molecular formula is C20H24O. The van der Waals surface area contributed by atoms with Crippen molar-refractivity contribution in [1.29, 1.82) is 0 Å². The minimum absolute atomic E-state index is 0.285. The van der Waals surface area contributed by atoms with Crippen LogP contribution in [-0.2, 0) is 11.2 Å². The molecule has 2 rings (SSSR count). The third-order valence-electron chi connectivity index (χ3n) is 3.55. The van der Waals surface area contributed by atoms with Gasteiger partial charge in [-0.15, -0.1) is 0 Å². The number of hydrogen-bond donors (Lipinski definition) is 0. The normalized spacial score (nSPS) is 12.7. The number of benzene rings is 2. The second-order valence-corrected chi connectivity index (χ2v) is 5.48. The summed E-state index contributed by atoms with van der Waals surface area (Å²) in [5, 5.41) is 0. The Morgan fingerprint density at radius 3 is 2.43 bits per heavy atom. The summed E-state index contributed by atoms with van der Waals surface area (Å²) < 4.78 is 5.82. The van der Waals surface area contributed by atoms with E-state index in [-0.39, 0.29) is 6.10 Å². The molecule has 0 spiro atoms. The van der Waals surface area contributed by atoms with E-state index in [1.807, 2.05) is 0 Å².